The molecule has 1 saturated carbocycles. The minimum Gasteiger partial charge on any atom is -0.480 e. The van der Waals surface area contributed by atoms with E-state index in [1.165, 1.54) is 11.6 Å². The van der Waals surface area contributed by atoms with Gasteiger partial charge in [0.15, 0.2) is 5.65 Å². The Kier molecular flexibility index (Phi) is 3.73. The third-order valence-corrected chi connectivity index (χ3v) is 5.80. The second kappa shape index (κ2) is 5.96. The summed E-state index contributed by atoms with van der Waals surface area (Å²) in [6.07, 6.45) is 8.26. The number of ether oxygens (including phenoxy) is 1. The number of fused-ring (bicyclic) bond motifs is 1. The lowest BCUT2D eigenvalue weighted by molar-refractivity contribution is 0.400. The van der Waals surface area contributed by atoms with Crippen LogP contribution in [-0.4, -0.2) is 45.6 Å². The summed E-state index contributed by atoms with van der Waals surface area (Å²) in [7, 11) is -2.02. The smallest absolute Gasteiger partial charge is 0.238 e. The summed E-state index contributed by atoms with van der Waals surface area (Å²) in [5, 5.41) is 11.8. The quantitative estimate of drug-likeness (QED) is 0.669. The van der Waals surface area contributed by atoms with Gasteiger partial charge in [-0.2, -0.15) is 9.61 Å². The largest absolute Gasteiger partial charge is 0.480 e. The molecule has 4 rings (SSSR count). The van der Waals surface area contributed by atoms with Crippen LogP contribution < -0.4 is 9.46 Å². The highest BCUT2D eigenvalue weighted by Gasteiger charge is 2.36. The van der Waals surface area contributed by atoms with Crippen LogP contribution in [0.5, 0.6) is 5.88 Å². The lowest BCUT2D eigenvalue weighted by Crippen LogP contribution is -2.18. The molecule has 3 aromatic heterocycles. The van der Waals surface area contributed by atoms with Crippen LogP contribution in [0.2, 0.25) is 0 Å². The summed E-state index contributed by atoms with van der Waals surface area (Å²) in [5.74, 6) is 2.87. The van der Waals surface area contributed by atoms with E-state index in [9.17, 15) is 8.42 Å². The first-order valence-corrected chi connectivity index (χ1v) is 9.31. The van der Waals surface area contributed by atoms with E-state index in [4.69, 9.17) is 11.2 Å². The maximum absolute atomic E-state index is 12.2. The number of hydrogen-bond acceptors (Lipinski definition) is 7. The second-order valence-electron chi connectivity index (χ2n) is 5.78. The minimum absolute atomic E-state index is 0.188. The maximum Gasteiger partial charge on any atom is 0.238 e. The molecule has 0 unspecified atom stereocenters. The van der Waals surface area contributed by atoms with Gasteiger partial charge in [0.2, 0.25) is 21.7 Å². The molecule has 1 aliphatic rings. The highest BCUT2D eigenvalue weighted by molar-refractivity contribution is 7.93. The Morgan fingerprint density at radius 3 is 2.85 bits per heavy atom. The summed E-state index contributed by atoms with van der Waals surface area (Å²) in [4.78, 5) is 4.18. The van der Waals surface area contributed by atoms with Gasteiger partial charge in [0.1, 0.15) is 5.69 Å². The van der Waals surface area contributed by atoms with E-state index >= 15 is 0 Å². The van der Waals surface area contributed by atoms with Crippen LogP contribution in [-0.2, 0) is 10.0 Å². The molecule has 26 heavy (non-hydrogen) atoms. The summed E-state index contributed by atoms with van der Waals surface area (Å²) >= 11 is 0. The molecule has 10 heteroatoms. The minimum atomic E-state index is -3.45. The maximum atomic E-state index is 12.2. The van der Waals surface area contributed by atoms with Crippen molar-refractivity contribution in [3.8, 4) is 29.5 Å². The normalized spacial score (nSPS) is 14.2. The molecule has 0 amide bonds. The van der Waals surface area contributed by atoms with Gasteiger partial charge in [-0.05, 0) is 37.0 Å². The van der Waals surface area contributed by atoms with Crippen LogP contribution in [0.4, 0.5) is 5.69 Å². The molecule has 0 spiro atoms. The zero-order chi connectivity index (χ0) is 18.3. The highest BCUT2D eigenvalue weighted by atomic mass is 32.2. The van der Waals surface area contributed by atoms with Gasteiger partial charge in [0, 0.05) is 11.8 Å². The monoisotopic (exact) mass is 370 g/mol. The molecule has 3 heterocycles. The Hall–Kier alpha value is -3.19. The molecule has 1 aliphatic carbocycles. The number of sulfonamides is 1. The molecule has 0 atom stereocenters. The molecule has 0 saturated heterocycles. The van der Waals surface area contributed by atoms with Crippen LogP contribution in [0.25, 0.3) is 16.9 Å². The molecule has 0 bridgehead atoms. The molecule has 0 aliphatic heterocycles. The average molecular weight is 370 g/mol. The fraction of sp³-hybridized carbons (Fsp3) is 0.250. The van der Waals surface area contributed by atoms with Crippen molar-refractivity contribution < 1.29 is 13.2 Å². The lowest BCUT2D eigenvalue weighted by Gasteiger charge is -2.12. The van der Waals surface area contributed by atoms with Gasteiger partial charge in [-0.15, -0.1) is 16.6 Å². The van der Waals surface area contributed by atoms with Gasteiger partial charge < -0.3 is 4.74 Å². The van der Waals surface area contributed by atoms with E-state index in [1.54, 1.807) is 24.4 Å². The lowest BCUT2D eigenvalue weighted by atomic mass is 10.2. The number of anilines is 1. The van der Waals surface area contributed by atoms with Crippen LogP contribution in [0.3, 0.4) is 0 Å². The van der Waals surface area contributed by atoms with Gasteiger partial charge in [-0.1, -0.05) is 0 Å². The third kappa shape index (κ3) is 2.82. The number of rotatable bonds is 5. The molecule has 9 nitrogen and oxygen atoms in total. The zero-order valence-electron chi connectivity index (χ0n) is 13.7. The van der Waals surface area contributed by atoms with Crippen molar-refractivity contribution in [3.05, 3.63) is 30.2 Å². The van der Waals surface area contributed by atoms with Crippen LogP contribution in [0.1, 0.15) is 18.7 Å². The first-order chi connectivity index (χ1) is 12.5. The van der Waals surface area contributed by atoms with Crippen molar-refractivity contribution >= 4 is 21.4 Å². The molecule has 0 aromatic carbocycles. The molecular weight excluding hydrogens is 356 g/mol. The van der Waals surface area contributed by atoms with E-state index in [0.717, 1.165) is 0 Å². The van der Waals surface area contributed by atoms with E-state index < -0.39 is 10.0 Å². The Labute approximate surface area is 149 Å². The number of pyridine rings is 1. The van der Waals surface area contributed by atoms with Crippen molar-refractivity contribution in [1.82, 2.24) is 24.8 Å². The number of terminal acetylenes is 1. The molecular formula is C16H14N6O3S. The fourth-order valence-electron chi connectivity index (χ4n) is 2.48. The topological polar surface area (TPSA) is 111 Å². The van der Waals surface area contributed by atoms with Crippen molar-refractivity contribution in [2.24, 2.45) is 0 Å². The Morgan fingerprint density at radius 2 is 2.15 bits per heavy atom. The SMILES string of the molecule is C#Cc1nnc2ccc(-c3cnc(OC)c(NS(=O)(=O)C4CC4)c3)nn12. The molecule has 0 radical (unpaired) electrons. The first-order valence-electron chi connectivity index (χ1n) is 7.77. The number of nitrogens with zero attached hydrogens (tertiary/aromatic N) is 5. The van der Waals surface area contributed by atoms with Gasteiger partial charge >= 0.3 is 0 Å². The summed E-state index contributed by atoms with van der Waals surface area (Å²) in [6, 6.07) is 5.07. The highest BCUT2D eigenvalue weighted by Crippen LogP contribution is 2.33. The van der Waals surface area contributed by atoms with E-state index in [1.807, 2.05) is 0 Å². The summed E-state index contributed by atoms with van der Waals surface area (Å²) in [6.45, 7) is 0. The standard InChI is InChI=1S/C16H14N6O3S/c1-3-14-18-19-15-7-6-12(20-22(14)15)10-8-13(16(25-2)17-9-10)21-26(23,24)11-4-5-11/h1,6-9,11,21H,4-5H2,2H3. The Morgan fingerprint density at radius 1 is 1.35 bits per heavy atom. The zero-order valence-corrected chi connectivity index (χ0v) is 14.6. The molecule has 3 aromatic rings. The van der Waals surface area contributed by atoms with E-state index in [0.29, 0.717) is 29.7 Å². The van der Waals surface area contributed by atoms with Gasteiger partial charge in [-0.3, -0.25) is 4.72 Å². The second-order valence-corrected chi connectivity index (χ2v) is 7.74. The summed E-state index contributed by atoms with van der Waals surface area (Å²) < 4.78 is 33.7. The van der Waals surface area contributed by atoms with Crippen molar-refractivity contribution in [2.45, 2.75) is 18.1 Å². The van der Waals surface area contributed by atoms with Gasteiger partial charge in [0.25, 0.3) is 0 Å². The van der Waals surface area contributed by atoms with E-state index in [2.05, 4.69) is 30.9 Å². The van der Waals surface area contributed by atoms with Crippen LogP contribution in [0.15, 0.2) is 24.4 Å². The predicted octanol–water partition coefficient (Wildman–Crippen LogP) is 1.08. The Bertz CT molecular complexity index is 1140. The molecule has 1 N–H and O–H groups in total. The number of hydrogen-bond donors (Lipinski definition) is 1. The van der Waals surface area contributed by atoms with Crippen LogP contribution in [0, 0.1) is 12.3 Å². The number of nitrogens with one attached hydrogen (secondary N) is 1. The van der Waals surface area contributed by atoms with E-state index in [-0.39, 0.29) is 22.6 Å². The number of methoxy groups -OCH3 is 1. The molecule has 1 fully saturated rings. The van der Waals surface area contributed by atoms with Gasteiger partial charge in [0.05, 0.1) is 18.1 Å². The Balaban J connectivity index is 1.77. The first kappa shape index (κ1) is 16.3. The molecule has 132 valence electrons. The van der Waals surface area contributed by atoms with Crippen molar-refractivity contribution in [2.75, 3.05) is 11.8 Å². The average Bonchev–Trinajstić information content (AvgIpc) is 3.42. The van der Waals surface area contributed by atoms with Gasteiger partial charge in [-0.25, -0.2) is 13.4 Å². The predicted molar refractivity (Wildman–Crippen MR) is 94.1 cm³/mol. The number of aromatic nitrogens is 5. The third-order valence-electron chi connectivity index (χ3n) is 3.95. The fourth-order valence-corrected chi connectivity index (χ4v) is 3.85. The van der Waals surface area contributed by atoms with Crippen molar-refractivity contribution in [1.29, 1.82) is 0 Å². The summed E-state index contributed by atoms with van der Waals surface area (Å²) in [5.41, 5.74) is 1.91. The van der Waals surface area contributed by atoms with Crippen LogP contribution >= 0.6 is 0 Å². The van der Waals surface area contributed by atoms with Crippen molar-refractivity contribution in [3.63, 3.8) is 0 Å².